The molecule has 0 saturated heterocycles. The van der Waals surface area contributed by atoms with Gasteiger partial charge in [-0.15, -0.1) is 0 Å². The summed E-state index contributed by atoms with van der Waals surface area (Å²) in [5.74, 6) is 0.833. The van der Waals surface area contributed by atoms with Crippen molar-refractivity contribution in [2.75, 3.05) is 0 Å². The zero-order valence-corrected chi connectivity index (χ0v) is 31.0. The highest BCUT2D eigenvalue weighted by Crippen LogP contribution is 2.30. The molecule has 5 aromatic rings. The summed E-state index contributed by atoms with van der Waals surface area (Å²) in [6.45, 7) is 22.9. The van der Waals surface area contributed by atoms with Gasteiger partial charge in [-0.25, -0.2) is 4.98 Å². The third-order valence-corrected chi connectivity index (χ3v) is 7.04. The third-order valence-electron chi connectivity index (χ3n) is 7.04. The molecule has 0 bridgehead atoms. The molecular formula is C37H56F3N7O. The minimum atomic E-state index is -4.48. The Hall–Kier alpha value is -4.15. The molecule has 0 aliphatic rings. The van der Waals surface area contributed by atoms with Gasteiger partial charge >= 0.3 is 12.1 Å². The minimum Gasteiger partial charge on any atom is -0.438 e. The highest BCUT2D eigenvalue weighted by Gasteiger charge is 2.37. The Morgan fingerprint density at radius 3 is 1.62 bits per heavy atom. The standard InChI is InChI=1S/C10H14.C7H8F3NO.2C7H12N2.C6H10N2/c1-8(2)10-7-5-4-6-9(10)3;1-4(2)5-3-11-6(12-5)7(8,9)10;1-6(2)7-4-8-9(3)5-7;1-6(2)7-4-5-8-9(7)3;1-6(2)8-5-3-4-7-8/h4-8H,1-3H3;3-4H,1-2H3;2*4-6H,1-3H3;3-6H,1-2H3. The molecule has 11 heteroatoms. The first-order chi connectivity index (χ1) is 22.3. The summed E-state index contributed by atoms with van der Waals surface area (Å²) in [5.41, 5.74) is 5.45. The third kappa shape index (κ3) is 15.2. The number of nitrogens with zero attached hydrogens (tertiary/aromatic N) is 7. The lowest BCUT2D eigenvalue weighted by Crippen LogP contribution is -2.04. The SMILES string of the molecule is CC(C)c1ccnn1C.CC(C)c1cnc(C(F)(F)F)o1.CC(C)c1cnn(C)c1.CC(C)n1cccn1.Cc1ccccc1C(C)C. The summed E-state index contributed by atoms with van der Waals surface area (Å²) in [6, 6.07) is 13.0. The molecule has 0 fully saturated rings. The Balaban J connectivity index is 0.000000302. The molecule has 266 valence electrons. The van der Waals surface area contributed by atoms with Crippen LogP contribution in [0.5, 0.6) is 0 Å². The molecule has 4 aromatic heterocycles. The molecule has 4 heterocycles. The summed E-state index contributed by atoms with van der Waals surface area (Å²) < 4.78 is 45.9. The largest absolute Gasteiger partial charge is 0.468 e. The molecule has 0 spiro atoms. The van der Waals surface area contributed by atoms with Gasteiger partial charge in [-0.2, -0.15) is 28.5 Å². The first kappa shape index (κ1) is 41.9. The summed E-state index contributed by atoms with van der Waals surface area (Å²) in [6.07, 6.45) is 6.16. The lowest BCUT2D eigenvalue weighted by Gasteiger charge is -2.07. The van der Waals surface area contributed by atoms with Crippen molar-refractivity contribution in [1.29, 1.82) is 0 Å². The smallest absolute Gasteiger partial charge is 0.438 e. The maximum atomic E-state index is 11.9. The number of oxazole rings is 1. The van der Waals surface area contributed by atoms with Crippen molar-refractivity contribution in [2.24, 2.45) is 14.1 Å². The molecule has 0 N–H and O–H groups in total. The Labute approximate surface area is 285 Å². The first-order valence-electron chi connectivity index (χ1n) is 16.4. The molecule has 0 amide bonds. The molecule has 1 aromatic carbocycles. The van der Waals surface area contributed by atoms with Gasteiger partial charge in [-0.3, -0.25) is 14.0 Å². The minimum absolute atomic E-state index is 0.0754. The first-order valence-corrected chi connectivity index (χ1v) is 16.4. The van der Waals surface area contributed by atoms with Crippen LogP contribution >= 0.6 is 0 Å². The quantitative estimate of drug-likeness (QED) is 0.186. The number of hydrogen-bond donors (Lipinski definition) is 0. The lowest BCUT2D eigenvalue weighted by molar-refractivity contribution is -0.157. The second-order valence-corrected chi connectivity index (χ2v) is 12.9. The van der Waals surface area contributed by atoms with Gasteiger partial charge in [-0.1, -0.05) is 79.7 Å². The van der Waals surface area contributed by atoms with E-state index in [9.17, 15) is 13.2 Å². The fraction of sp³-hybridized carbons (Fsp3) is 0.514. The van der Waals surface area contributed by atoms with E-state index in [-0.39, 0.29) is 11.7 Å². The van der Waals surface area contributed by atoms with Crippen LogP contribution in [0.15, 0.2) is 78.0 Å². The van der Waals surface area contributed by atoms with Gasteiger partial charge in [0.2, 0.25) is 0 Å². The summed E-state index contributed by atoms with van der Waals surface area (Å²) >= 11 is 0. The Morgan fingerprint density at radius 2 is 1.35 bits per heavy atom. The Kier molecular flexibility index (Phi) is 17.7. The van der Waals surface area contributed by atoms with Crippen molar-refractivity contribution in [3.8, 4) is 0 Å². The van der Waals surface area contributed by atoms with E-state index in [0.29, 0.717) is 23.8 Å². The van der Waals surface area contributed by atoms with Gasteiger partial charge < -0.3 is 4.42 Å². The van der Waals surface area contributed by atoms with Gasteiger partial charge in [0.1, 0.15) is 5.76 Å². The van der Waals surface area contributed by atoms with Crippen molar-refractivity contribution in [1.82, 2.24) is 34.3 Å². The van der Waals surface area contributed by atoms with Crippen LogP contribution < -0.4 is 0 Å². The van der Waals surface area contributed by atoms with Crippen LogP contribution in [0.3, 0.4) is 0 Å². The van der Waals surface area contributed by atoms with Gasteiger partial charge in [-0.05, 0) is 67.3 Å². The average Bonchev–Trinajstić information content (AvgIpc) is 3.82. The van der Waals surface area contributed by atoms with Crippen LogP contribution in [0.2, 0.25) is 0 Å². The molecule has 0 aliphatic heterocycles. The molecule has 0 unspecified atom stereocenters. The fourth-order valence-electron chi connectivity index (χ4n) is 4.19. The van der Waals surface area contributed by atoms with Crippen LogP contribution in [-0.4, -0.2) is 34.3 Å². The lowest BCUT2D eigenvalue weighted by atomic mass is 9.99. The maximum absolute atomic E-state index is 11.9. The molecule has 8 nitrogen and oxygen atoms in total. The average molecular weight is 672 g/mol. The van der Waals surface area contributed by atoms with Crippen LogP contribution in [-0.2, 0) is 20.3 Å². The van der Waals surface area contributed by atoms with Gasteiger partial charge in [0, 0.05) is 56.5 Å². The normalized spacial score (nSPS) is 11.0. The topological polar surface area (TPSA) is 79.5 Å². The fourth-order valence-corrected chi connectivity index (χ4v) is 4.19. The number of aromatic nitrogens is 7. The molecule has 48 heavy (non-hydrogen) atoms. The van der Waals surface area contributed by atoms with Crippen LogP contribution in [0.25, 0.3) is 0 Å². The van der Waals surface area contributed by atoms with Crippen molar-refractivity contribution in [3.63, 3.8) is 0 Å². The van der Waals surface area contributed by atoms with E-state index in [1.807, 2.05) is 65.1 Å². The number of benzene rings is 1. The van der Waals surface area contributed by atoms with Crippen molar-refractivity contribution < 1.29 is 17.6 Å². The van der Waals surface area contributed by atoms with E-state index in [1.165, 1.54) is 22.4 Å². The number of halogens is 3. The van der Waals surface area contributed by atoms with E-state index in [1.54, 1.807) is 20.0 Å². The van der Waals surface area contributed by atoms with Crippen molar-refractivity contribution in [3.05, 3.63) is 108 Å². The van der Waals surface area contributed by atoms with E-state index in [2.05, 4.69) is 111 Å². The molecule has 0 atom stereocenters. The van der Waals surface area contributed by atoms with E-state index < -0.39 is 12.1 Å². The highest BCUT2D eigenvalue weighted by molar-refractivity contribution is 5.27. The monoisotopic (exact) mass is 671 g/mol. The zero-order valence-electron chi connectivity index (χ0n) is 31.0. The molecule has 0 aliphatic carbocycles. The van der Waals surface area contributed by atoms with E-state index >= 15 is 0 Å². The summed E-state index contributed by atoms with van der Waals surface area (Å²) in [5, 5.41) is 12.1. The maximum Gasteiger partial charge on any atom is 0.468 e. The van der Waals surface area contributed by atoms with Crippen LogP contribution in [0, 0.1) is 6.92 Å². The molecule has 0 saturated carbocycles. The second-order valence-electron chi connectivity index (χ2n) is 12.9. The predicted molar refractivity (Wildman–Crippen MR) is 188 cm³/mol. The Morgan fingerprint density at radius 1 is 0.708 bits per heavy atom. The Bertz CT molecular complexity index is 1540. The molecular weight excluding hydrogens is 615 g/mol. The molecule has 0 radical (unpaired) electrons. The second kappa shape index (κ2) is 20.3. The number of rotatable bonds is 5. The number of aryl methyl sites for hydroxylation is 3. The number of hydrogen-bond acceptors (Lipinski definition) is 5. The predicted octanol–water partition coefficient (Wildman–Crippen LogP) is 10.5. The number of alkyl halides is 3. The van der Waals surface area contributed by atoms with Crippen molar-refractivity contribution in [2.45, 2.75) is 112 Å². The summed E-state index contributed by atoms with van der Waals surface area (Å²) in [4.78, 5) is 3.12. The van der Waals surface area contributed by atoms with E-state index in [4.69, 9.17) is 0 Å². The highest BCUT2D eigenvalue weighted by atomic mass is 19.4. The van der Waals surface area contributed by atoms with Crippen molar-refractivity contribution >= 4 is 0 Å². The van der Waals surface area contributed by atoms with Gasteiger partial charge in [0.05, 0.1) is 12.4 Å². The van der Waals surface area contributed by atoms with Gasteiger partial charge in [0.25, 0.3) is 0 Å². The van der Waals surface area contributed by atoms with E-state index in [0.717, 1.165) is 6.20 Å². The van der Waals surface area contributed by atoms with Gasteiger partial charge in [0.15, 0.2) is 0 Å². The zero-order chi connectivity index (χ0) is 36.6. The van der Waals surface area contributed by atoms with Crippen LogP contribution in [0.4, 0.5) is 13.2 Å². The molecule has 5 rings (SSSR count). The summed E-state index contributed by atoms with van der Waals surface area (Å²) in [7, 11) is 3.90. The van der Waals surface area contributed by atoms with Crippen LogP contribution in [0.1, 0.15) is 133 Å².